The fourth-order valence-electron chi connectivity index (χ4n) is 2.86. The zero-order valence-corrected chi connectivity index (χ0v) is 13.1. The van der Waals surface area contributed by atoms with Crippen molar-refractivity contribution in [2.24, 2.45) is 5.92 Å². The predicted molar refractivity (Wildman–Crippen MR) is 87.1 cm³/mol. The van der Waals surface area contributed by atoms with Crippen LogP contribution in [0.2, 0.25) is 0 Å². The van der Waals surface area contributed by atoms with Crippen LogP contribution < -0.4 is 5.32 Å². The Balaban J connectivity index is 1.64. The largest absolute Gasteiger partial charge is 0.472 e. The summed E-state index contributed by atoms with van der Waals surface area (Å²) >= 11 is 0. The standard InChI is InChI=1S/C18H17N3O3/c19-10-13-3-1-5-16(9-13)20-17(22)14-4-2-7-21(11-14)18(23)15-6-8-24-12-15/h1,3,5-6,8-9,12,14H,2,4,7,11H2,(H,20,22)/t14-/m1/s1. The Hall–Kier alpha value is -3.07. The van der Waals surface area contributed by atoms with E-state index in [9.17, 15) is 9.59 Å². The number of hydrogen-bond acceptors (Lipinski definition) is 4. The second-order valence-corrected chi connectivity index (χ2v) is 5.78. The molecule has 0 saturated carbocycles. The van der Waals surface area contributed by atoms with Gasteiger partial charge in [-0.1, -0.05) is 6.07 Å². The van der Waals surface area contributed by atoms with Gasteiger partial charge in [0.2, 0.25) is 5.91 Å². The first-order valence-corrected chi connectivity index (χ1v) is 7.80. The fourth-order valence-corrected chi connectivity index (χ4v) is 2.86. The molecule has 3 rings (SSSR count). The van der Waals surface area contributed by atoms with Crippen LogP contribution in [0.15, 0.2) is 47.3 Å². The maximum absolute atomic E-state index is 12.5. The number of carbonyl (C=O) groups is 2. The highest BCUT2D eigenvalue weighted by Gasteiger charge is 2.29. The molecule has 0 radical (unpaired) electrons. The Morgan fingerprint density at radius 2 is 2.21 bits per heavy atom. The minimum atomic E-state index is -0.264. The summed E-state index contributed by atoms with van der Waals surface area (Å²) in [6, 6.07) is 10.5. The van der Waals surface area contributed by atoms with E-state index >= 15 is 0 Å². The van der Waals surface area contributed by atoms with E-state index in [1.54, 1.807) is 35.2 Å². The molecule has 1 aliphatic heterocycles. The molecule has 2 aromatic rings. The van der Waals surface area contributed by atoms with Crippen molar-refractivity contribution < 1.29 is 14.0 Å². The maximum atomic E-state index is 12.5. The third-order valence-electron chi connectivity index (χ3n) is 4.11. The van der Waals surface area contributed by atoms with E-state index in [4.69, 9.17) is 9.68 Å². The molecule has 0 spiro atoms. The number of piperidine rings is 1. The van der Waals surface area contributed by atoms with Crippen molar-refractivity contribution in [1.29, 1.82) is 5.26 Å². The lowest BCUT2D eigenvalue weighted by Gasteiger charge is -2.31. The quantitative estimate of drug-likeness (QED) is 0.940. The third kappa shape index (κ3) is 3.46. The average molecular weight is 323 g/mol. The molecular weight excluding hydrogens is 306 g/mol. The Morgan fingerprint density at radius 3 is 2.96 bits per heavy atom. The number of nitrogens with one attached hydrogen (secondary N) is 1. The highest BCUT2D eigenvalue weighted by molar-refractivity contribution is 5.96. The summed E-state index contributed by atoms with van der Waals surface area (Å²) in [5.41, 5.74) is 1.59. The molecule has 6 nitrogen and oxygen atoms in total. The predicted octanol–water partition coefficient (Wildman–Crippen LogP) is 2.64. The summed E-state index contributed by atoms with van der Waals surface area (Å²) < 4.78 is 4.95. The molecule has 1 aromatic heterocycles. The number of benzene rings is 1. The Kier molecular flexibility index (Phi) is 4.62. The van der Waals surface area contributed by atoms with Gasteiger partial charge in [-0.3, -0.25) is 9.59 Å². The van der Waals surface area contributed by atoms with E-state index in [2.05, 4.69) is 5.32 Å². The van der Waals surface area contributed by atoms with Crippen LogP contribution in [0.4, 0.5) is 5.69 Å². The van der Waals surface area contributed by atoms with Crippen molar-refractivity contribution in [2.45, 2.75) is 12.8 Å². The van der Waals surface area contributed by atoms with Crippen LogP contribution in [-0.4, -0.2) is 29.8 Å². The third-order valence-corrected chi connectivity index (χ3v) is 4.11. The highest BCUT2D eigenvalue weighted by atomic mass is 16.3. The molecule has 1 atom stereocenters. The minimum Gasteiger partial charge on any atom is -0.472 e. The molecule has 24 heavy (non-hydrogen) atoms. The number of rotatable bonds is 3. The molecule has 1 N–H and O–H groups in total. The van der Waals surface area contributed by atoms with Gasteiger partial charge in [0, 0.05) is 18.8 Å². The Labute approximate surface area is 139 Å². The second-order valence-electron chi connectivity index (χ2n) is 5.78. The summed E-state index contributed by atoms with van der Waals surface area (Å²) in [5.74, 6) is -0.511. The SMILES string of the molecule is N#Cc1cccc(NC(=O)[C@@H]2CCCN(C(=O)c3ccoc3)C2)c1. The van der Waals surface area contributed by atoms with Gasteiger partial charge in [0.15, 0.2) is 0 Å². The number of carbonyl (C=O) groups excluding carboxylic acids is 2. The van der Waals surface area contributed by atoms with Crippen molar-refractivity contribution in [2.75, 3.05) is 18.4 Å². The molecule has 1 aromatic carbocycles. The summed E-state index contributed by atoms with van der Waals surface area (Å²) in [7, 11) is 0. The van der Waals surface area contributed by atoms with Crippen LogP contribution in [0.1, 0.15) is 28.8 Å². The van der Waals surface area contributed by atoms with E-state index in [0.717, 1.165) is 12.8 Å². The van der Waals surface area contributed by atoms with Crippen LogP contribution in [-0.2, 0) is 4.79 Å². The van der Waals surface area contributed by atoms with E-state index in [1.165, 1.54) is 12.5 Å². The van der Waals surface area contributed by atoms with Crippen LogP contribution in [0.5, 0.6) is 0 Å². The molecule has 1 saturated heterocycles. The van der Waals surface area contributed by atoms with Crippen molar-refractivity contribution in [3.05, 3.63) is 54.0 Å². The zero-order chi connectivity index (χ0) is 16.9. The zero-order valence-electron chi connectivity index (χ0n) is 13.1. The van der Waals surface area contributed by atoms with Gasteiger partial charge in [0.25, 0.3) is 5.91 Å². The van der Waals surface area contributed by atoms with Gasteiger partial charge in [-0.05, 0) is 37.1 Å². The number of anilines is 1. The summed E-state index contributed by atoms with van der Waals surface area (Å²) in [4.78, 5) is 26.5. The minimum absolute atomic E-state index is 0.118. The summed E-state index contributed by atoms with van der Waals surface area (Å²) in [5, 5.41) is 11.8. The second kappa shape index (κ2) is 7.01. The first kappa shape index (κ1) is 15.8. The molecule has 0 aliphatic carbocycles. The van der Waals surface area contributed by atoms with Crippen LogP contribution in [0, 0.1) is 17.2 Å². The topological polar surface area (TPSA) is 86.3 Å². The molecule has 1 fully saturated rings. The number of amides is 2. The normalized spacial score (nSPS) is 17.1. The Bertz CT molecular complexity index is 777. The molecule has 0 unspecified atom stereocenters. The number of furan rings is 1. The lowest BCUT2D eigenvalue weighted by Crippen LogP contribution is -2.43. The van der Waals surface area contributed by atoms with E-state index in [-0.39, 0.29) is 17.7 Å². The van der Waals surface area contributed by atoms with Crippen LogP contribution >= 0.6 is 0 Å². The van der Waals surface area contributed by atoms with Gasteiger partial charge in [-0.25, -0.2) is 0 Å². The van der Waals surface area contributed by atoms with Crippen LogP contribution in [0.3, 0.4) is 0 Å². The summed E-state index contributed by atoms with van der Waals surface area (Å²) in [6.07, 6.45) is 4.39. The van der Waals surface area contributed by atoms with Gasteiger partial charge < -0.3 is 14.6 Å². The molecular formula is C18H17N3O3. The lowest BCUT2D eigenvalue weighted by atomic mass is 9.96. The number of nitrogens with zero attached hydrogens (tertiary/aromatic N) is 2. The lowest BCUT2D eigenvalue weighted by molar-refractivity contribution is -0.121. The molecule has 1 aliphatic rings. The van der Waals surface area contributed by atoms with Crippen molar-refractivity contribution in [1.82, 2.24) is 4.90 Å². The number of hydrogen-bond donors (Lipinski definition) is 1. The smallest absolute Gasteiger partial charge is 0.257 e. The van der Waals surface area contributed by atoms with Crippen molar-refractivity contribution in [3.63, 3.8) is 0 Å². The van der Waals surface area contributed by atoms with E-state index in [1.807, 2.05) is 6.07 Å². The first-order chi connectivity index (χ1) is 11.7. The van der Waals surface area contributed by atoms with Gasteiger partial charge in [0.05, 0.1) is 29.4 Å². The summed E-state index contributed by atoms with van der Waals surface area (Å²) in [6.45, 7) is 1.02. The van der Waals surface area contributed by atoms with Crippen molar-refractivity contribution in [3.8, 4) is 6.07 Å². The van der Waals surface area contributed by atoms with Gasteiger partial charge in [0.1, 0.15) is 6.26 Å². The van der Waals surface area contributed by atoms with Gasteiger partial charge in [-0.15, -0.1) is 0 Å². The molecule has 2 heterocycles. The molecule has 122 valence electrons. The molecule has 2 amide bonds. The monoisotopic (exact) mass is 323 g/mol. The van der Waals surface area contributed by atoms with E-state index in [0.29, 0.717) is 29.9 Å². The van der Waals surface area contributed by atoms with Crippen LogP contribution in [0.25, 0.3) is 0 Å². The van der Waals surface area contributed by atoms with Gasteiger partial charge in [-0.2, -0.15) is 5.26 Å². The van der Waals surface area contributed by atoms with E-state index < -0.39 is 0 Å². The van der Waals surface area contributed by atoms with Crippen molar-refractivity contribution >= 4 is 17.5 Å². The molecule has 0 bridgehead atoms. The average Bonchev–Trinajstić information content (AvgIpc) is 3.16. The number of nitriles is 1. The first-order valence-electron chi connectivity index (χ1n) is 7.80. The Morgan fingerprint density at radius 1 is 1.33 bits per heavy atom. The fraction of sp³-hybridized carbons (Fsp3) is 0.278. The maximum Gasteiger partial charge on any atom is 0.257 e. The number of likely N-dealkylation sites (tertiary alicyclic amines) is 1. The highest BCUT2D eigenvalue weighted by Crippen LogP contribution is 2.21. The molecule has 6 heteroatoms. The van der Waals surface area contributed by atoms with Gasteiger partial charge >= 0.3 is 0 Å².